The molecule has 0 spiro atoms. The summed E-state index contributed by atoms with van der Waals surface area (Å²) in [4.78, 5) is 10.6. The molecule has 0 saturated carbocycles. The third kappa shape index (κ3) is 4.03. The highest BCUT2D eigenvalue weighted by Gasteiger charge is 2.17. The van der Waals surface area contributed by atoms with Crippen molar-refractivity contribution in [3.63, 3.8) is 0 Å². The Kier molecular flexibility index (Phi) is 5.33. The van der Waals surface area contributed by atoms with E-state index in [1.807, 2.05) is 31.2 Å². The van der Waals surface area contributed by atoms with Crippen LogP contribution in [0.2, 0.25) is 5.02 Å². The van der Waals surface area contributed by atoms with Crippen LogP contribution in [0, 0.1) is 10.1 Å². The Morgan fingerprint density at radius 1 is 1.33 bits per heavy atom. The second-order valence-corrected chi connectivity index (χ2v) is 5.98. The third-order valence-corrected chi connectivity index (χ3v) is 4.07. The molecule has 1 N–H and O–H groups in total. The van der Waals surface area contributed by atoms with Gasteiger partial charge in [-0.2, -0.15) is 0 Å². The van der Waals surface area contributed by atoms with Crippen LogP contribution in [-0.2, 0) is 6.54 Å². The van der Waals surface area contributed by atoms with E-state index in [4.69, 9.17) is 11.6 Å². The van der Waals surface area contributed by atoms with Gasteiger partial charge in [0.2, 0.25) is 0 Å². The molecule has 6 heteroatoms. The first-order chi connectivity index (χ1) is 9.99. The Labute approximate surface area is 136 Å². The van der Waals surface area contributed by atoms with Crippen molar-refractivity contribution in [1.29, 1.82) is 0 Å². The molecular formula is C15H14BrClN2O2. The Morgan fingerprint density at radius 3 is 2.71 bits per heavy atom. The van der Waals surface area contributed by atoms with Crippen LogP contribution >= 0.6 is 27.5 Å². The maximum atomic E-state index is 11.0. The lowest BCUT2D eigenvalue weighted by molar-refractivity contribution is -0.385. The van der Waals surface area contributed by atoms with Crippen molar-refractivity contribution >= 4 is 33.2 Å². The predicted molar refractivity (Wildman–Crippen MR) is 87.5 cm³/mol. The predicted octanol–water partition coefficient (Wildman–Crippen LogP) is 4.86. The number of rotatable bonds is 5. The average molecular weight is 370 g/mol. The van der Waals surface area contributed by atoms with Crippen LogP contribution in [0.25, 0.3) is 0 Å². The number of nitrogens with one attached hydrogen (secondary N) is 1. The number of nitro benzene ring substituents is 1. The normalized spacial score (nSPS) is 12.1. The summed E-state index contributed by atoms with van der Waals surface area (Å²) in [6, 6.07) is 12.7. The zero-order valence-corrected chi connectivity index (χ0v) is 13.7. The molecule has 2 aromatic carbocycles. The van der Waals surface area contributed by atoms with Gasteiger partial charge in [-0.1, -0.05) is 45.7 Å². The van der Waals surface area contributed by atoms with Crippen molar-refractivity contribution < 1.29 is 4.92 Å². The fraction of sp³-hybridized carbons (Fsp3) is 0.200. The Balaban J connectivity index is 2.15. The lowest BCUT2D eigenvalue weighted by atomic mass is 10.1. The minimum Gasteiger partial charge on any atom is -0.306 e. The molecule has 0 bridgehead atoms. The molecule has 0 aliphatic carbocycles. The second kappa shape index (κ2) is 7.02. The molecule has 1 atom stereocenters. The van der Waals surface area contributed by atoms with Crippen LogP contribution in [0.3, 0.4) is 0 Å². The molecule has 1 unspecified atom stereocenters. The van der Waals surface area contributed by atoms with Gasteiger partial charge in [0, 0.05) is 23.1 Å². The van der Waals surface area contributed by atoms with Crippen molar-refractivity contribution in [1.82, 2.24) is 5.32 Å². The Hall–Kier alpha value is -1.43. The summed E-state index contributed by atoms with van der Waals surface area (Å²) in [6.45, 7) is 2.34. The van der Waals surface area contributed by atoms with E-state index >= 15 is 0 Å². The van der Waals surface area contributed by atoms with Crippen LogP contribution in [0.15, 0.2) is 46.9 Å². The lowest BCUT2D eigenvalue weighted by Crippen LogP contribution is -2.19. The lowest BCUT2D eigenvalue weighted by Gasteiger charge is -2.15. The maximum Gasteiger partial charge on any atom is 0.275 e. The summed E-state index contributed by atoms with van der Waals surface area (Å²) in [7, 11) is 0. The van der Waals surface area contributed by atoms with E-state index in [1.54, 1.807) is 12.1 Å². The van der Waals surface area contributed by atoms with E-state index < -0.39 is 4.92 Å². The third-order valence-electron chi connectivity index (χ3n) is 3.22. The van der Waals surface area contributed by atoms with Gasteiger partial charge in [-0.3, -0.25) is 10.1 Å². The van der Waals surface area contributed by atoms with Crippen LogP contribution in [0.1, 0.15) is 24.1 Å². The summed E-state index contributed by atoms with van der Waals surface area (Å²) in [5, 5.41) is 14.7. The Morgan fingerprint density at radius 2 is 2.05 bits per heavy atom. The summed E-state index contributed by atoms with van der Waals surface area (Å²) in [5.41, 5.74) is 1.64. The molecule has 2 aromatic rings. The van der Waals surface area contributed by atoms with Crippen LogP contribution in [0.4, 0.5) is 5.69 Å². The molecule has 0 fully saturated rings. The van der Waals surface area contributed by atoms with Crippen molar-refractivity contribution in [2.75, 3.05) is 0 Å². The monoisotopic (exact) mass is 368 g/mol. The van der Waals surface area contributed by atoms with E-state index in [0.29, 0.717) is 17.1 Å². The summed E-state index contributed by atoms with van der Waals surface area (Å²) in [5.74, 6) is 0. The molecule has 2 rings (SSSR count). The SMILES string of the molecule is CC(NCc1c(Cl)cccc1[N+](=O)[O-])c1cccc(Br)c1. The van der Waals surface area contributed by atoms with Gasteiger partial charge in [0.25, 0.3) is 5.69 Å². The second-order valence-electron chi connectivity index (χ2n) is 4.65. The number of hydrogen-bond donors (Lipinski definition) is 1. The van der Waals surface area contributed by atoms with E-state index in [1.165, 1.54) is 6.07 Å². The molecule has 0 aliphatic heterocycles. The zero-order valence-electron chi connectivity index (χ0n) is 11.3. The highest BCUT2D eigenvalue weighted by atomic mass is 79.9. The van der Waals surface area contributed by atoms with Crippen molar-refractivity contribution in [3.8, 4) is 0 Å². The fourth-order valence-corrected chi connectivity index (χ4v) is 2.70. The molecular weight excluding hydrogens is 356 g/mol. The number of halogens is 2. The van der Waals surface area contributed by atoms with Crippen LogP contribution in [-0.4, -0.2) is 4.92 Å². The molecule has 0 aliphatic rings. The smallest absolute Gasteiger partial charge is 0.275 e. The fourth-order valence-electron chi connectivity index (χ4n) is 2.04. The van der Waals surface area contributed by atoms with Gasteiger partial charge in [-0.15, -0.1) is 0 Å². The topological polar surface area (TPSA) is 55.2 Å². The zero-order chi connectivity index (χ0) is 15.4. The van der Waals surface area contributed by atoms with E-state index in [9.17, 15) is 10.1 Å². The van der Waals surface area contributed by atoms with Crippen molar-refractivity contribution in [2.24, 2.45) is 0 Å². The van der Waals surface area contributed by atoms with Crippen molar-refractivity contribution in [2.45, 2.75) is 19.5 Å². The molecule has 0 amide bonds. The van der Waals surface area contributed by atoms with Crippen LogP contribution < -0.4 is 5.32 Å². The van der Waals surface area contributed by atoms with Gasteiger partial charge in [-0.05, 0) is 30.7 Å². The van der Waals surface area contributed by atoms with Gasteiger partial charge in [0.1, 0.15) is 0 Å². The molecule has 0 radical (unpaired) electrons. The Bertz CT molecular complexity index is 664. The number of benzene rings is 2. The molecule has 0 heterocycles. The highest BCUT2D eigenvalue weighted by Crippen LogP contribution is 2.27. The van der Waals surface area contributed by atoms with Gasteiger partial charge in [0.05, 0.1) is 15.5 Å². The molecule has 110 valence electrons. The summed E-state index contributed by atoms with van der Waals surface area (Å²) >= 11 is 9.51. The van der Waals surface area contributed by atoms with Gasteiger partial charge in [-0.25, -0.2) is 0 Å². The first-order valence-electron chi connectivity index (χ1n) is 6.39. The first kappa shape index (κ1) is 15.9. The van der Waals surface area contributed by atoms with E-state index in [2.05, 4.69) is 21.2 Å². The van der Waals surface area contributed by atoms with Crippen molar-refractivity contribution in [3.05, 3.63) is 73.2 Å². The largest absolute Gasteiger partial charge is 0.306 e. The quantitative estimate of drug-likeness (QED) is 0.605. The van der Waals surface area contributed by atoms with E-state index in [-0.39, 0.29) is 11.7 Å². The first-order valence-corrected chi connectivity index (χ1v) is 7.56. The minimum absolute atomic E-state index is 0.0384. The minimum atomic E-state index is -0.410. The molecule has 0 saturated heterocycles. The van der Waals surface area contributed by atoms with Gasteiger partial charge >= 0.3 is 0 Å². The average Bonchev–Trinajstić information content (AvgIpc) is 2.45. The molecule has 21 heavy (non-hydrogen) atoms. The van der Waals surface area contributed by atoms with E-state index in [0.717, 1.165) is 10.0 Å². The van der Waals surface area contributed by atoms with Gasteiger partial charge in [0.15, 0.2) is 0 Å². The molecule has 4 nitrogen and oxygen atoms in total. The number of nitro groups is 1. The number of nitrogens with zero attached hydrogens (tertiary/aromatic N) is 1. The summed E-state index contributed by atoms with van der Waals surface area (Å²) in [6.07, 6.45) is 0. The highest BCUT2D eigenvalue weighted by molar-refractivity contribution is 9.10. The van der Waals surface area contributed by atoms with Gasteiger partial charge < -0.3 is 5.32 Å². The standard InChI is InChI=1S/C15H14BrClN2O2/c1-10(11-4-2-5-12(16)8-11)18-9-13-14(17)6-3-7-15(13)19(20)21/h2-8,10,18H,9H2,1H3. The number of hydrogen-bond acceptors (Lipinski definition) is 3. The molecule has 0 aromatic heterocycles. The summed E-state index contributed by atoms with van der Waals surface area (Å²) < 4.78 is 0.998. The van der Waals surface area contributed by atoms with Crippen LogP contribution in [0.5, 0.6) is 0 Å². The maximum absolute atomic E-state index is 11.0.